The van der Waals surface area contributed by atoms with Crippen molar-refractivity contribution in [2.75, 3.05) is 5.32 Å². The van der Waals surface area contributed by atoms with Crippen LogP contribution in [0.1, 0.15) is 11.5 Å². The molecule has 10 heteroatoms. The molecule has 3 heterocycles. The summed E-state index contributed by atoms with van der Waals surface area (Å²) in [6.45, 7) is 1.86. The Labute approximate surface area is 197 Å². The van der Waals surface area contributed by atoms with Gasteiger partial charge in [-0.1, -0.05) is 12.1 Å². The molecule has 0 radical (unpaired) electrons. The van der Waals surface area contributed by atoms with E-state index >= 15 is 0 Å². The van der Waals surface area contributed by atoms with E-state index in [0.29, 0.717) is 17.6 Å². The Hall–Kier alpha value is -4.73. The van der Waals surface area contributed by atoms with Crippen molar-refractivity contribution >= 4 is 33.3 Å². The third-order valence-electron chi connectivity index (χ3n) is 5.66. The number of rotatable bonds is 5. The normalized spacial score (nSPS) is 11.4. The highest BCUT2D eigenvalue weighted by Gasteiger charge is 2.13. The molecule has 0 saturated heterocycles. The zero-order valence-electron chi connectivity index (χ0n) is 18.4. The largest absolute Gasteiger partial charge is 0.421 e. The molecule has 3 aromatic heterocycles. The zero-order valence-corrected chi connectivity index (χ0v) is 18.4. The topological polar surface area (TPSA) is 94.5 Å². The van der Waals surface area contributed by atoms with E-state index in [1.54, 1.807) is 23.9 Å². The molecule has 8 nitrogen and oxygen atoms in total. The smallest absolute Gasteiger partial charge is 0.247 e. The van der Waals surface area contributed by atoms with E-state index in [9.17, 15) is 8.78 Å². The second-order valence-electron chi connectivity index (χ2n) is 7.99. The predicted octanol–water partition coefficient (Wildman–Crippen LogP) is 5.41. The second-order valence-corrected chi connectivity index (χ2v) is 7.99. The van der Waals surface area contributed by atoms with Crippen LogP contribution < -0.4 is 5.32 Å². The van der Waals surface area contributed by atoms with Crippen LogP contribution in [0.2, 0.25) is 0 Å². The zero-order chi connectivity index (χ0) is 23.9. The van der Waals surface area contributed by atoms with E-state index < -0.39 is 11.6 Å². The van der Waals surface area contributed by atoms with Gasteiger partial charge < -0.3 is 9.73 Å². The number of aromatic nitrogens is 6. The lowest BCUT2D eigenvalue weighted by molar-refractivity contribution is 0.493. The number of halogens is 2. The van der Waals surface area contributed by atoms with Crippen molar-refractivity contribution in [1.29, 1.82) is 0 Å². The molecule has 0 aliphatic rings. The second kappa shape index (κ2) is 8.24. The minimum atomic E-state index is -0.875. The lowest BCUT2D eigenvalue weighted by Crippen LogP contribution is -2.04. The van der Waals surface area contributed by atoms with Crippen LogP contribution in [-0.4, -0.2) is 29.9 Å². The number of nitrogens with zero attached hydrogens (tertiary/aromatic N) is 6. The van der Waals surface area contributed by atoms with Gasteiger partial charge in [-0.2, -0.15) is 5.10 Å². The van der Waals surface area contributed by atoms with Crippen LogP contribution >= 0.6 is 0 Å². The standard InChI is InChI=1S/C25H17F2N7O/c1-14-32-33-25(35-14)15-5-7-21-19(10-15)24(29-13-28-21)31-18-6-8-22-17(9-18)11-30-34(22)12-16-3-2-4-20(26)23(16)27/h2-11,13H,12H2,1H3,(H,28,29,31). The van der Waals surface area contributed by atoms with Crippen molar-refractivity contribution in [1.82, 2.24) is 29.9 Å². The third kappa shape index (κ3) is 3.84. The van der Waals surface area contributed by atoms with E-state index in [4.69, 9.17) is 4.42 Å². The van der Waals surface area contributed by atoms with Crippen molar-refractivity contribution < 1.29 is 13.2 Å². The number of hydrogen-bond donors (Lipinski definition) is 1. The molecule has 172 valence electrons. The minimum absolute atomic E-state index is 0.119. The van der Waals surface area contributed by atoms with Crippen LogP contribution in [0.3, 0.4) is 0 Å². The molecule has 3 aromatic carbocycles. The average Bonchev–Trinajstić information content (AvgIpc) is 3.48. The summed E-state index contributed by atoms with van der Waals surface area (Å²) >= 11 is 0. The first kappa shape index (κ1) is 20.8. The number of aryl methyl sites for hydroxylation is 1. The SMILES string of the molecule is Cc1nnc(-c2ccc3ncnc(Nc4ccc5c(cnn5Cc5cccc(F)c5F)c4)c3c2)o1. The summed E-state index contributed by atoms with van der Waals surface area (Å²) in [6, 6.07) is 15.4. The minimum Gasteiger partial charge on any atom is -0.421 e. The van der Waals surface area contributed by atoms with Gasteiger partial charge in [0.1, 0.15) is 12.1 Å². The molecule has 6 rings (SSSR count). The Bertz CT molecular complexity index is 1710. The fourth-order valence-corrected chi connectivity index (χ4v) is 3.96. The molecule has 0 bridgehead atoms. The number of hydrogen-bond acceptors (Lipinski definition) is 7. The Kier molecular flexibility index (Phi) is 4.91. The monoisotopic (exact) mass is 469 g/mol. The first-order valence-corrected chi connectivity index (χ1v) is 10.8. The van der Waals surface area contributed by atoms with E-state index in [1.807, 2.05) is 36.4 Å². The van der Waals surface area contributed by atoms with Gasteiger partial charge >= 0.3 is 0 Å². The Morgan fingerprint density at radius 1 is 1.00 bits per heavy atom. The summed E-state index contributed by atoms with van der Waals surface area (Å²) in [6.07, 6.45) is 3.18. The van der Waals surface area contributed by atoms with Crippen LogP contribution in [-0.2, 0) is 6.54 Å². The fourth-order valence-electron chi connectivity index (χ4n) is 3.96. The predicted molar refractivity (Wildman–Crippen MR) is 126 cm³/mol. The summed E-state index contributed by atoms with van der Waals surface area (Å²) in [7, 11) is 0. The Balaban J connectivity index is 1.32. The molecule has 0 spiro atoms. The van der Waals surface area contributed by atoms with Gasteiger partial charge in [0.15, 0.2) is 11.6 Å². The molecular formula is C25H17F2N7O. The molecular weight excluding hydrogens is 452 g/mol. The van der Waals surface area contributed by atoms with Crippen molar-refractivity contribution in [2.24, 2.45) is 0 Å². The maximum Gasteiger partial charge on any atom is 0.247 e. The molecule has 0 fully saturated rings. The quantitative estimate of drug-likeness (QED) is 0.361. The van der Waals surface area contributed by atoms with Crippen molar-refractivity contribution in [2.45, 2.75) is 13.5 Å². The highest BCUT2D eigenvalue weighted by molar-refractivity contribution is 5.94. The fraction of sp³-hybridized carbons (Fsp3) is 0.0800. The molecule has 0 aliphatic carbocycles. The molecule has 6 aromatic rings. The van der Waals surface area contributed by atoms with Gasteiger partial charge in [-0.05, 0) is 42.5 Å². The first-order chi connectivity index (χ1) is 17.0. The maximum absolute atomic E-state index is 14.1. The van der Waals surface area contributed by atoms with Crippen molar-refractivity contribution in [3.05, 3.63) is 90.2 Å². The molecule has 0 unspecified atom stereocenters. The van der Waals surface area contributed by atoms with Crippen LogP contribution in [0.25, 0.3) is 33.3 Å². The van der Waals surface area contributed by atoms with Gasteiger partial charge in [-0.25, -0.2) is 18.7 Å². The van der Waals surface area contributed by atoms with Gasteiger partial charge in [0.2, 0.25) is 11.8 Å². The Morgan fingerprint density at radius 3 is 2.77 bits per heavy atom. The Morgan fingerprint density at radius 2 is 1.91 bits per heavy atom. The number of fused-ring (bicyclic) bond motifs is 2. The first-order valence-electron chi connectivity index (χ1n) is 10.8. The molecule has 0 aliphatic heterocycles. The molecule has 0 saturated carbocycles. The van der Waals surface area contributed by atoms with Crippen LogP contribution in [0, 0.1) is 18.6 Å². The summed E-state index contributed by atoms with van der Waals surface area (Å²) in [4.78, 5) is 8.76. The van der Waals surface area contributed by atoms with Gasteiger partial charge in [0.25, 0.3) is 0 Å². The number of anilines is 2. The van der Waals surface area contributed by atoms with Crippen molar-refractivity contribution in [3.63, 3.8) is 0 Å². The van der Waals surface area contributed by atoms with Gasteiger partial charge in [0, 0.05) is 34.5 Å². The average molecular weight is 469 g/mol. The lowest BCUT2D eigenvalue weighted by atomic mass is 10.1. The maximum atomic E-state index is 14.1. The van der Waals surface area contributed by atoms with E-state index in [2.05, 4.69) is 30.6 Å². The van der Waals surface area contributed by atoms with Crippen LogP contribution in [0.5, 0.6) is 0 Å². The third-order valence-corrected chi connectivity index (χ3v) is 5.66. The van der Waals surface area contributed by atoms with Gasteiger partial charge in [-0.15, -0.1) is 10.2 Å². The van der Waals surface area contributed by atoms with E-state index in [1.165, 1.54) is 12.4 Å². The van der Waals surface area contributed by atoms with Gasteiger partial charge in [0.05, 0.1) is 23.8 Å². The van der Waals surface area contributed by atoms with Crippen LogP contribution in [0.15, 0.2) is 71.5 Å². The van der Waals surface area contributed by atoms with E-state index in [0.717, 1.165) is 39.1 Å². The number of nitrogens with one attached hydrogen (secondary N) is 1. The summed E-state index contributed by atoms with van der Waals surface area (Å²) in [5, 5.41) is 17.3. The van der Waals surface area contributed by atoms with Crippen molar-refractivity contribution in [3.8, 4) is 11.5 Å². The highest BCUT2D eigenvalue weighted by atomic mass is 19.2. The lowest BCUT2D eigenvalue weighted by Gasteiger charge is -2.10. The molecule has 0 atom stereocenters. The van der Waals surface area contributed by atoms with Crippen LogP contribution in [0.4, 0.5) is 20.3 Å². The summed E-state index contributed by atoms with van der Waals surface area (Å²) < 4.78 is 34.9. The summed E-state index contributed by atoms with van der Waals surface area (Å²) in [5.74, 6) is -0.221. The highest BCUT2D eigenvalue weighted by Crippen LogP contribution is 2.29. The summed E-state index contributed by atoms with van der Waals surface area (Å²) in [5.41, 5.74) is 3.33. The molecule has 0 amide bonds. The molecule has 35 heavy (non-hydrogen) atoms. The molecule has 1 N–H and O–H groups in total. The van der Waals surface area contributed by atoms with E-state index in [-0.39, 0.29) is 12.1 Å². The van der Waals surface area contributed by atoms with Gasteiger partial charge in [-0.3, -0.25) is 4.68 Å². The number of benzene rings is 3.